The van der Waals surface area contributed by atoms with Crippen molar-refractivity contribution in [3.63, 3.8) is 0 Å². The van der Waals surface area contributed by atoms with Gasteiger partial charge in [-0.2, -0.15) is 0 Å². The van der Waals surface area contributed by atoms with Gasteiger partial charge in [-0.1, -0.05) is 18.5 Å². The van der Waals surface area contributed by atoms with Crippen LogP contribution in [-0.2, 0) is 10.3 Å². The van der Waals surface area contributed by atoms with Gasteiger partial charge in [0.25, 0.3) is 5.91 Å². The number of hydrogen-bond donors (Lipinski definition) is 1. The van der Waals surface area contributed by atoms with Crippen LogP contribution in [-0.4, -0.2) is 55.0 Å². The number of amides is 3. The second-order valence-electron chi connectivity index (χ2n) is 6.94. The number of fused-ring (bicyclic) bond motifs is 2. The highest BCUT2D eigenvalue weighted by Gasteiger charge is 2.56. The smallest absolute Gasteiger partial charge is 0.325 e. The minimum absolute atomic E-state index is 0.125. The van der Waals surface area contributed by atoms with Crippen LogP contribution < -0.4 is 10.1 Å². The molecule has 2 heterocycles. The summed E-state index contributed by atoms with van der Waals surface area (Å²) in [7, 11) is 3.94. The van der Waals surface area contributed by atoms with E-state index in [0.29, 0.717) is 29.3 Å². The summed E-state index contributed by atoms with van der Waals surface area (Å²) >= 11 is 6.15. The molecule has 2 aliphatic rings. The first-order valence-electron chi connectivity index (χ1n) is 8.63. The average molecular weight is 366 g/mol. The van der Waals surface area contributed by atoms with Crippen LogP contribution in [0.25, 0.3) is 0 Å². The molecule has 1 aromatic carbocycles. The van der Waals surface area contributed by atoms with Crippen molar-refractivity contribution in [2.24, 2.45) is 0 Å². The van der Waals surface area contributed by atoms with Gasteiger partial charge < -0.3 is 15.0 Å². The van der Waals surface area contributed by atoms with Crippen LogP contribution in [0, 0.1) is 0 Å². The molecule has 1 fully saturated rings. The highest BCUT2D eigenvalue weighted by Crippen LogP contribution is 2.44. The van der Waals surface area contributed by atoms with E-state index in [4.69, 9.17) is 16.3 Å². The summed E-state index contributed by atoms with van der Waals surface area (Å²) in [5.41, 5.74) is -0.424. The number of urea groups is 1. The molecule has 2 aliphatic heterocycles. The summed E-state index contributed by atoms with van der Waals surface area (Å²) in [6.07, 6.45) is 1.79. The molecule has 0 bridgehead atoms. The van der Waals surface area contributed by atoms with Gasteiger partial charge in [-0.25, -0.2) is 4.79 Å². The van der Waals surface area contributed by atoms with E-state index in [1.165, 1.54) is 4.90 Å². The van der Waals surface area contributed by atoms with Crippen LogP contribution in [0.2, 0.25) is 5.02 Å². The maximum atomic E-state index is 13.2. The Morgan fingerprint density at radius 1 is 1.40 bits per heavy atom. The van der Waals surface area contributed by atoms with Gasteiger partial charge in [0.05, 0.1) is 0 Å². The number of hydrogen-bond acceptors (Lipinski definition) is 4. The topological polar surface area (TPSA) is 61.9 Å². The van der Waals surface area contributed by atoms with Gasteiger partial charge in [0.1, 0.15) is 11.9 Å². The van der Waals surface area contributed by atoms with Crippen LogP contribution in [0.1, 0.15) is 31.7 Å². The van der Waals surface area contributed by atoms with Crippen LogP contribution in [0.15, 0.2) is 18.2 Å². The normalized spacial score (nSPS) is 25.3. The van der Waals surface area contributed by atoms with Gasteiger partial charge in [-0.15, -0.1) is 0 Å². The highest BCUT2D eigenvalue weighted by molar-refractivity contribution is 6.30. The highest BCUT2D eigenvalue weighted by atomic mass is 35.5. The monoisotopic (exact) mass is 365 g/mol. The molecule has 2 unspecified atom stereocenters. The number of benzene rings is 1. The average Bonchev–Trinajstić information content (AvgIpc) is 2.79. The van der Waals surface area contributed by atoms with Gasteiger partial charge in [0.2, 0.25) is 0 Å². The molecular formula is C18H24ClN3O3. The summed E-state index contributed by atoms with van der Waals surface area (Å²) in [4.78, 5) is 29.1. The molecule has 25 heavy (non-hydrogen) atoms. The Balaban J connectivity index is 1.94. The first kappa shape index (κ1) is 18.0. The quantitative estimate of drug-likeness (QED) is 0.815. The Morgan fingerprint density at radius 2 is 2.16 bits per heavy atom. The van der Waals surface area contributed by atoms with Gasteiger partial charge in [0.15, 0.2) is 5.54 Å². The lowest BCUT2D eigenvalue weighted by Gasteiger charge is -2.37. The van der Waals surface area contributed by atoms with Crippen LogP contribution in [0.3, 0.4) is 0 Å². The Hall–Kier alpha value is -1.79. The van der Waals surface area contributed by atoms with E-state index in [0.717, 1.165) is 19.4 Å². The fourth-order valence-corrected chi connectivity index (χ4v) is 3.71. The second kappa shape index (κ2) is 6.84. The molecule has 136 valence electrons. The Bertz CT molecular complexity index is 694. The van der Waals surface area contributed by atoms with E-state index in [9.17, 15) is 9.59 Å². The van der Waals surface area contributed by atoms with Crippen molar-refractivity contribution in [3.05, 3.63) is 28.8 Å². The van der Waals surface area contributed by atoms with Gasteiger partial charge in [-0.05, 0) is 51.7 Å². The largest absolute Gasteiger partial charge is 0.490 e. The van der Waals surface area contributed by atoms with E-state index in [1.807, 2.05) is 25.9 Å². The predicted molar refractivity (Wildman–Crippen MR) is 95.9 cm³/mol. The third kappa shape index (κ3) is 3.20. The lowest BCUT2D eigenvalue weighted by Crippen LogP contribution is -2.50. The lowest BCUT2D eigenvalue weighted by atomic mass is 9.81. The Morgan fingerprint density at radius 3 is 2.84 bits per heavy atom. The standard InChI is InChI=1S/C18H24ClN3O3/c1-4-13-11-18(14-10-12(19)6-7-15(14)25-13)16(23)22(17(24)20-18)9-5-8-21(2)3/h6-7,10,13H,4-5,8-9,11H2,1-3H3,(H,20,24). The summed E-state index contributed by atoms with van der Waals surface area (Å²) in [5.74, 6) is 0.410. The predicted octanol–water partition coefficient (Wildman–Crippen LogP) is 2.60. The maximum absolute atomic E-state index is 13.2. The summed E-state index contributed by atoms with van der Waals surface area (Å²) in [6, 6.07) is 4.90. The third-order valence-electron chi connectivity index (χ3n) is 4.85. The molecule has 1 N–H and O–H groups in total. The van der Waals surface area contributed by atoms with E-state index in [1.54, 1.807) is 18.2 Å². The van der Waals surface area contributed by atoms with E-state index in [-0.39, 0.29) is 18.0 Å². The van der Waals surface area contributed by atoms with Crippen molar-refractivity contribution < 1.29 is 14.3 Å². The van der Waals surface area contributed by atoms with Gasteiger partial charge >= 0.3 is 6.03 Å². The molecule has 1 saturated heterocycles. The minimum Gasteiger partial charge on any atom is -0.490 e. The first-order valence-corrected chi connectivity index (χ1v) is 9.00. The molecular weight excluding hydrogens is 342 g/mol. The molecule has 1 aromatic rings. The number of carbonyl (C=O) groups excluding carboxylic acids is 2. The van der Waals surface area contributed by atoms with Gasteiger partial charge in [-0.3, -0.25) is 9.69 Å². The lowest BCUT2D eigenvalue weighted by molar-refractivity contribution is -0.133. The van der Waals surface area contributed by atoms with E-state index >= 15 is 0 Å². The zero-order valence-corrected chi connectivity index (χ0v) is 15.6. The molecule has 0 radical (unpaired) electrons. The molecule has 7 heteroatoms. The Kier molecular flexibility index (Phi) is 4.93. The number of carbonyl (C=O) groups is 2. The van der Waals surface area contributed by atoms with Crippen molar-refractivity contribution in [2.45, 2.75) is 37.8 Å². The van der Waals surface area contributed by atoms with Crippen molar-refractivity contribution >= 4 is 23.5 Å². The SMILES string of the molecule is CCC1CC2(NC(=O)N(CCCN(C)C)C2=O)c2cc(Cl)ccc2O1. The number of rotatable bonds is 5. The van der Waals surface area contributed by atoms with Crippen LogP contribution in [0.4, 0.5) is 4.79 Å². The molecule has 0 saturated carbocycles. The molecule has 3 amide bonds. The number of halogens is 1. The number of nitrogens with zero attached hydrogens (tertiary/aromatic N) is 2. The Labute approximate surface area is 153 Å². The van der Waals surface area contributed by atoms with Crippen molar-refractivity contribution in [1.29, 1.82) is 0 Å². The molecule has 2 atom stereocenters. The van der Waals surface area contributed by atoms with Crippen molar-refractivity contribution in [3.8, 4) is 5.75 Å². The van der Waals surface area contributed by atoms with Gasteiger partial charge in [0, 0.05) is 23.6 Å². The molecule has 1 spiro atoms. The van der Waals surface area contributed by atoms with Crippen LogP contribution >= 0.6 is 11.6 Å². The number of imide groups is 1. The zero-order valence-electron chi connectivity index (χ0n) is 14.8. The van der Waals surface area contributed by atoms with E-state index in [2.05, 4.69) is 5.32 Å². The summed E-state index contributed by atoms with van der Waals surface area (Å²) in [6.45, 7) is 3.22. The minimum atomic E-state index is -1.08. The van der Waals surface area contributed by atoms with Crippen molar-refractivity contribution in [2.75, 3.05) is 27.2 Å². The molecule has 0 aliphatic carbocycles. The molecule has 0 aromatic heterocycles. The fourth-order valence-electron chi connectivity index (χ4n) is 3.53. The van der Waals surface area contributed by atoms with Crippen molar-refractivity contribution in [1.82, 2.24) is 15.1 Å². The number of ether oxygens (including phenoxy) is 1. The molecule has 6 nitrogen and oxygen atoms in total. The molecule has 3 rings (SSSR count). The first-order chi connectivity index (χ1) is 11.9. The summed E-state index contributed by atoms with van der Waals surface area (Å²) < 4.78 is 5.97. The number of nitrogens with one attached hydrogen (secondary N) is 1. The maximum Gasteiger partial charge on any atom is 0.325 e. The fraction of sp³-hybridized carbons (Fsp3) is 0.556. The zero-order chi connectivity index (χ0) is 18.2. The van der Waals surface area contributed by atoms with E-state index < -0.39 is 5.54 Å². The second-order valence-corrected chi connectivity index (χ2v) is 7.38. The van der Waals surface area contributed by atoms with Crippen LogP contribution in [0.5, 0.6) is 5.75 Å². The third-order valence-corrected chi connectivity index (χ3v) is 5.08. The summed E-state index contributed by atoms with van der Waals surface area (Å²) in [5, 5.41) is 3.46.